The first kappa shape index (κ1) is 21.4. The van der Waals surface area contributed by atoms with E-state index in [2.05, 4.69) is 4.98 Å². The molecule has 0 aliphatic carbocycles. The fraction of sp³-hybridized carbons (Fsp3) is 0.130. The summed E-state index contributed by atoms with van der Waals surface area (Å²) in [6.07, 6.45) is 0. The number of amides is 1. The molecule has 0 N–H and O–H groups in total. The minimum atomic E-state index is -0.235. The summed E-state index contributed by atoms with van der Waals surface area (Å²) in [5.74, 6) is 0.875. The second-order valence-electron chi connectivity index (χ2n) is 6.66. The molecule has 1 amide bonds. The van der Waals surface area contributed by atoms with Crippen molar-refractivity contribution in [2.45, 2.75) is 6.54 Å². The topological polar surface area (TPSA) is 51.7 Å². The van der Waals surface area contributed by atoms with Gasteiger partial charge in [-0.25, -0.2) is 4.98 Å². The number of nitrogens with zero attached hydrogens (tertiary/aromatic N) is 2. The molecule has 8 heteroatoms. The number of hydrogen-bond acceptors (Lipinski definition) is 5. The van der Waals surface area contributed by atoms with Crippen molar-refractivity contribution in [3.05, 3.63) is 82.3 Å². The summed E-state index contributed by atoms with van der Waals surface area (Å²) in [4.78, 5) is 19.5. The Morgan fingerprint density at radius 3 is 2.61 bits per heavy atom. The summed E-state index contributed by atoms with van der Waals surface area (Å²) in [6.45, 7) is 0.182. The molecule has 31 heavy (non-hydrogen) atoms. The minimum absolute atomic E-state index is 0.187. The Balaban J connectivity index is 1.61. The van der Waals surface area contributed by atoms with Gasteiger partial charge in [-0.15, -0.1) is 0 Å². The van der Waals surface area contributed by atoms with Crippen LogP contribution < -0.4 is 14.4 Å². The first-order valence-electron chi connectivity index (χ1n) is 9.40. The molecular weight excluding hydrogens is 455 g/mol. The average molecular weight is 473 g/mol. The third-order valence-electron chi connectivity index (χ3n) is 4.54. The lowest BCUT2D eigenvalue weighted by Crippen LogP contribution is -2.34. The largest absolute Gasteiger partial charge is 0.497 e. The molecule has 0 aliphatic heterocycles. The molecule has 4 rings (SSSR count). The van der Waals surface area contributed by atoms with Gasteiger partial charge in [0.2, 0.25) is 0 Å². The first-order chi connectivity index (χ1) is 15.0. The maximum atomic E-state index is 13.2. The van der Waals surface area contributed by atoms with E-state index in [0.29, 0.717) is 33.2 Å². The van der Waals surface area contributed by atoms with E-state index in [1.807, 2.05) is 48.5 Å². The molecule has 158 valence electrons. The number of fused-ring (bicyclic) bond motifs is 1. The zero-order valence-corrected chi connectivity index (χ0v) is 18.9. The number of carbonyl (C=O) groups excluding carboxylic acids is 1. The lowest BCUT2D eigenvalue weighted by atomic mass is 10.2. The number of hydrogen-bond donors (Lipinski definition) is 0. The fourth-order valence-corrected chi connectivity index (χ4v) is 4.40. The SMILES string of the molecule is COc1ccc2sc(N(Cc3ccccc3)C(=O)COc3ccc(Cl)cc3Cl)nc2c1. The molecule has 3 aromatic carbocycles. The molecule has 1 heterocycles. The molecule has 0 saturated carbocycles. The second-order valence-corrected chi connectivity index (χ2v) is 8.51. The monoisotopic (exact) mass is 472 g/mol. The molecule has 0 saturated heterocycles. The van der Waals surface area contributed by atoms with Crippen molar-refractivity contribution in [2.24, 2.45) is 0 Å². The Morgan fingerprint density at radius 2 is 1.87 bits per heavy atom. The van der Waals surface area contributed by atoms with E-state index in [4.69, 9.17) is 32.7 Å². The van der Waals surface area contributed by atoms with Crippen LogP contribution in [-0.2, 0) is 11.3 Å². The third kappa shape index (κ3) is 5.10. The van der Waals surface area contributed by atoms with Crippen LogP contribution in [0.5, 0.6) is 11.5 Å². The standard InChI is InChI=1S/C23H18Cl2N2O3S/c1-29-17-8-10-21-19(12-17)26-23(31-21)27(13-15-5-3-2-4-6-15)22(28)14-30-20-9-7-16(24)11-18(20)25/h2-12H,13-14H2,1H3. The first-order valence-corrected chi connectivity index (χ1v) is 11.0. The van der Waals surface area contributed by atoms with E-state index < -0.39 is 0 Å². The van der Waals surface area contributed by atoms with Crippen LogP contribution in [0.4, 0.5) is 5.13 Å². The van der Waals surface area contributed by atoms with Gasteiger partial charge in [0.05, 0.1) is 28.9 Å². The molecule has 0 atom stereocenters. The van der Waals surface area contributed by atoms with Crippen LogP contribution in [0.2, 0.25) is 10.0 Å². The number of ether oxygens (including phenoxy) is 2. The van der Waals surface area contributed by atoms with Gasteiger partial charge >= 0.3 is 0 Å². The van der Waals surface area contributed by atoms with Crippen molar-refractivity contribution in [1.29, 1.82) is 0 Å². The lowest BCUT2D eigenvalue weighted by molar-refractivity contribution is -0.120. The Hall–Kier alpha value is -2.80. The van der Waals surface area contributed by atoms with Crippen molar-refractivity contribution < 1.29 is 14.3 Å². The summed E-state index contributed by atoms with van der Waals surface area (Å²) >= 11 is 13.5. The Labute approximate surface area is 193 Å². The van der Waals surface area contributed by atoms with Gasteiger partial charge in [-0.2, -0.15) is 0 Å². The average Bonchev–Trinajstić information content (AvgIpc) is 3.20. The van der Waals surface area contributed by atoms with Gasteiger partial charge in [0.15, 0.2) is 11.7 Å². The number of benzene rings is 3. The number of halogens is 2. The van der Waals surface area contributed by atoms with Crippen LogP contribution in [0.3, 0.4) is 0 Å². The molecular formula is C23H18Cl2N2O3S. The molecule has 5 nitrogen and oxygen atoms in total. The minimum Gasteiger partial charge on any atom is -0.497 e. The summed E-state index contributed by atoms with van der Waals surface area (Å²) in [5, 5.41) is 1.43. The summed E-state index contributed by atoms with van der Waals surface area (Å²) in [6, 6.07) is 20.3. The molecule has 0 spiro atoms. The number of methoxy groups -OCH3 is 1. The van der Waals surface area contributed by atoms with Gasteiger partial charge in [0.25, 0.3) is 5.91 Å². The summed E-state index contributed by atoms with van der Waals surface area (Å²) in [7, 11) is 1.61. The Morgan fingerprint density at radius 1 is 1.06 bits per heavy atom. The lowest BCUT2D eigenvalue weighted by Gasteiger charge is -2.20. The van der Waals surface area contributed by atoms with Gasteiger partial charge in [-0.1, -0.05) is 64.9 Å². The van der Waals surface area contributed by atoms with Crippen LogP contribution in [0, 0.1) is 0 Å². The van der Waals surface area contributed by atoms with E-state index in [1.165, 1.54) is 11.3 Å². The van der Waals surface area contributed by atoms with Gasteiger partial charge in [-0.05, 0) is 35.9 Å². The Bertz CT molecular complexity index is 1210. The van der Waals surface area contributed by atoms with E-state index in [9.17, 15) is 4.79 Å². The van der Waals surface area contributed by atoms with Crippen molar-refractivity contribution in [1.82, 2.24) is 4.98 Å². The van der Waals surface area contributed by atoms with Crippen LogP contribution in [0.1, 0.15) is 5.56 Å². The predicted molar refractivity (Wildman–Crippen MR) is 126 cm³/mol. The zero-order valence-electron chi connectivity index (χ0n) is 16.5. The van der Waals surface area contributed by atoms with Gasteiger partial charge < -0.3 is 9.47 Å². The predicted octanol–water partition coefficient (Wildman–Crippen LogP) is 6.22. The summed E-state index contributed by atoms with van der Waals surface area (Å²) in [5.41, 5.74) is 1.75. The molecule has 0 fully saturated rings. The highest BCUT2D eigenvalue weighted by molar-refractivity contribution is 7.22. The van der Waals surface area contributed by atoms with E-state index >= 15 is 0 Å². The van der Waals surface area contributed by atoms with Gasteiger partial charge in [-0.3, -0.25) is 9.69 Å². The van der Waals surface area contributed by atoms with Crippen LogP contribution in [-0.4, -0.2) is 24.6 Å². The number of aromatic nitrogens is 1. The highest BCUT2D eigenvalue weighted by atomic mass is 35.5. The highest BCUT2D eigenvalue weighted by Crippen LogP contribution is 2.32. The highest BCUT2D eigenvalue weighted by Gasteiger charge is 2.21. The number of carbonyl (C=O) groups is 1. The van der Waals surface area contributed by atoms with Crippen molar-refractivity contribution in [2.75, 3.05) is 18.6 Å². The molecule has 0 aliphatic rings. The number of anilines is 1. The maximum Gasteiger partial charge on any atom is 0.267 e. The van der Waals surface area contributed by atoms with Gasteiger partial charge in [0, 0.05) is 11.1 Å². The molecule has 0 radical (unpaired) electrons. The van der Waals surface area contributed by atoms with E-state index in [1.54, 1.807) is 30.2 Å². The third-order valence-corrected chi connectivity index (χ3v) is 6.13. The van der Waals surface area contributed by atoms with Crippen LogP contribution >= 0.6 is 34.5 Å². The van der Waals surface area contributed by atoms with Crippen LogP contribution in [0.25, 0.3) is 10.2 Å². The van der Waals surface area contributed by atoms with Crippen molar-refractivity contribution in [3.63, 3.8) is 0 Å². The zero-order chi connectivity index (χ0) is 21.8. The van der Waals surface area contributed by atoms with Crippen molar-refractivity contribution >= 4 is 55.8 Å². The second kappa shape index (κ2) is 9.56. The normalized spacial score (nSPS) is 10.8. The summed E-state index contributed by atoms with van der Waals surface area (Å²) < 4.78 is 11.9. The molecule has 1 aromatic heterocycles. The number of thiazole rings is 1. The van der Waals surface area contributed by atoms with E-state index in [-0.39, 0.29) is 12.5 Å². The maximum absolute atomic E-state index is 13.2. The van der Waals surface area contributed by atoms with E-state index in [0.717, 1.165) is 15.8 Å². The molecule has 0 bridgehead atoms. The Kier molecular flexibility index (Phi) is 6.61. The smallest absolute Gasteiger partial charge is 0.267 e. The molecule has 4 aromatic rings. The fourth-order valence-electron chi connectivity index (χ4n) is 2.98. The quantitative estimate of drug-likeness (QED) is 0.320. The molecule has 0 unspecified atom stereocenters. The van der Waals surface area contributed by atoms with Crippen molar-refractivity contribution in [3.8, 4) is 11.5 Å². The van der Waals surface area contributed by atoms with Gasteiger partial charge in [0.1, 0.15) is 11.5 Å². The number of rotatable bonds is 7. The van der Waals surface area contributed by atoms with Crippen LogP contribution in [0.15, 0.2) is 66.7 Å².